The molecule has 20 heavy (non-hydrogen) atoms. The lowest BCUT2D eigenvalue weighted by Gasteiger charge is -2.16. The molecule has 0 unspecified atom stereocenters. The van der Waals surface area contributed by atoms with Crippen LogP contribution in [0.1, 0.15) is 10.4 Å². The summed E-state index contributed by atoms with van der Waals surface area (Å²) in [5.41, 5.74) is 6.83. The second-order valence-corrected chi connectivity index (χ2v) is 5.45. The van der Waals surface area contributed by atoms with Gasteiger partial charge in [0.25, 0.3) is 0 Å². The van der Waals surface area contributed by atoms with Crippen molar-refractivity contribution in [3.63, 3.8) is 0 Å². The first-order chi connectivity index (χ1) is 9.78. The maximum atomic E-state index is 11.7. The Morgan fingerprint density at radius 2 is 2.05 bits per heavy atom. The maximum Gasteiger partial charge on any atom is 0.407 e. The zero-order valence-corrected chi connectivity index (χ0v) is 11.9. The predicted octanol–water partition coefficient (Wildman–Crippen LogP) is 2.54. The third kappa shape index (κ3) is 4.68. The Hall–Kier alpha value is -1.85. The van der Waals surface area contributed by atoms with Gasteiger partial charge in [0.1, 0.15) is 6.61 Å². The first kappa shape index (κ1) is 14.6. The van der Waals surface area contributed by atoms with Crippen molar-refractivity contribution >= 4 is 17.4 Å². The topological polar surface area (TPSA) is 64.3 Å². The van der Waals surface area contributed by atoms with E-state index in [2.05, 4.69) is 5.32 Å². The largest absolute Gasteiger partial charge is 0.444 e. The molecule has 1 aromatic carbocycles. The van der Waals surface area contributed by atoms with Crippen LogP contribution < -0.4 is 11.1 Å². The second kappa shape index (κ2) is 7.67. The highest BCUT2D eigenvalue weighted by molar-refractivity contribution is 7.09. The van der Waals surface area contributed by atoms with Gasteiger partial charge < -0.3 is 15.8 Å². The van der Waals surface area contributed by atoms with E-state index in [1.54, 1.807) is 11.3 Å². The average molecular weight is 290 g/mol. The SMILES string of the molecule is NC[C@H](Cc1ccccc1)NC(=O)OCc1cccs1. The number of carbonyl (C=O) groups is 1. The molecule has 5 heteroatoms. The van der Waals surface area contributed by atoms with E-state index >= 15 is 0 Å². The first-order valence-corrected chi connectivity index (χ1v) is 7.35. The van der Waals surface area contributed by atoms with Crippen molar-refractivity contribution in [2.24, 2.45) is 5.73 Å². The molecule has 0 spiro atoms. The summed E-state index contributed by atoms with van der Waals surface area (Å²) in [6.07, 6.45) is 0.274. The number of hydrogen-bond acceptors (Lipinski definition) is 4. The van der Waals surface area contributed by atoms with Gasteiger partial charge in [-0.15, -0.1) is 11.3 Å². The van der Waals surface area contributed by atoms with E-state index in [-0.39, 0.29) is 6.04 Å². The number of benzene rings is 1. The van der Waals surface area contributed by atoms with Gasteiger partial charge in [-0.1, -0.05) is 36.4 Å². The van der Waals surface area contributed by atoms with Gasteiger partial charge in [-0.25, -0.2) is 4.79 Å². The van der Waals surface area contributed by atoms with Crippen molar-refractivity contribution in [1.29, 1.82) is 0 Å². The fraction of sp³-hybridized carbons (Fsp3) is 0.267. The van der Waals surface area contributed by atoms with Gasteiger partial charge in [-0.05, 0) is 23.4 Å². The lowest BCUT2D eigenvalue weighted by Crippen LogP contribution is -2.41. The fourth-order valence-corrected chi connectivity index (χ4v) is 2.45. The van der Waals surface area contributed by atoms with E-state index in [4.69, 9.17) is 10.5 Å². The average Bonchev–Trinajstić information content (AvgIpc) is 2.99. The van der Waals surface area contributed by atoms with Crippen LogP contribution >= 0.6 is 11.3 Å². The van der Waals surface area contributed by atoms with Crippen LogP contribution in [0.5, 0.6) is 0 Å². The van der Waals surface area contributed by atoms with Crippen LogP contribution in [0.3, 0.4) is 0 Å². The zero-order chi connectivity index (χ0) is 14.2. The summed E-state index contributed by atoms with van der Waals surface area (Å²) in [6, 6.07) is 13.7. The molecule has 0 saturated heterocycles. The van der Waals surface area contributed by atoms with E-state index in [9.17, 15) is 4.79 Å². The highest BCUT2D eigenvalue weighted by atomic mass is 32.1. The summed E-state index contributed by atoms with van der Waals surface area (Å²) in [5.74, 6) is 0. The quantitative estimate of drug-likeness (QED) is 0.859. The smallest absolute Gasteiger partial charge is 0.407 e. The predicted molar refractivity (Wildman–Crippen MR) is 80.6 cm³/mol. The van der Waals surface area contributed by atoms with Crippen LogP contribution in [-0.2, 0) is 17.8 Å². The molecule has 2 rings (SSSR count). The molecule has 3 N–H and O–H groups in total. The van der Waals surface area contributed by atoms with Gasteiger partial charge in [-0.3, -0.25) is 0 Å². The van der Waals surface area contributed by atoms with Crippen LogP contribution in [0.2, 0.25) is 0 Å². The van der Waals surface area contributed by atoms with Crippen molar-refractivity contribution in [1.82, 2.24) is 5.32 Å². The fourth-order valence-electron chi connectivity index (χ4n) is 1.83. The van der Waals surface area contributed by atoms with E-state index < -0.39 is 6.09 Å². The second-order valence-electron chi connectivity index (χ2n) is 4.42. The molecule has 0 aliphatic heterocycles. The molecule has 1 aromatic heterocycles. The molecule has 0 radical (unpaired) electrons. The monoisotopic (exact) mass is 290 g/mol. The van der Waals surface area contributed by atoms with Crippen LogP contribution in [-0.4, -0.2) is 18.7 Å². The standard InChI is InChI=1S/C15H18N2O2S/c16-10-13(9-12-5-2-1-3-6-12)17-15(18)19-11-14-7-4-8-20-14/h1-8,13H,9-11,16H2,(H,17,18)/t13-/m0/s1. The Kier molecular flexibility index (Phi) is 5.58. The van der Waals surface area contributed by atoms with Crippen molar-refractivity contribution in [3.8, 4) is 0 Å². The zero-order valence-electron chi connectivity index (χ0n) is 11.1. The van der Waals surface area contributed by atoms with Crippen molar-refractivity contribution in [2.45, 2.75) is 19.1 Å². The number of amides is 1. The Labute approximate surface area is 122 Å². The molecule has 2 aromatic rings. The molecule has 0 aliphatic rings. The summed E-state index contributed by atoms with van der Waals surface area (Å²) in [7, 11) is 0. The van der Waals surface area contributed by atoms with Gasteiger partial charge in [0.2, 0.25) is 0 Å². The van der Waals surface area contributed by atoms with E-state index in [1.165, 1.54) is 0 Å². The number of hydrogen-bond donors (Lipinski definition) is 2. The van der Waals surface area contributed by atoms with Crippen LogP contribution in [0.4, 0.5) is 4.79 Å². The van der Waals surface area contributed by atoms with Crippen molar-refractivity contribution < 1.29 is 9.53 Å². The highest BCUT2D eigenvalue weighted by Crippen LogP contribution is 2.09. The molecular weight excluding hydrogens is 272 g/mol. The molecule has 0 bridgehead atoms. The molecule has 1 heterocycles. The minimum Gasteiger partial charge on any atom is -0.444 e. The maximum absolute atomic E-state index is 11.7. The summed E-state index contributed by atoms with van der Waals surface area (Å²) in [5, 5.41) is 4.75. The van der Waals surface area contributed by atoms with Gasteiger partial charge in [0, 0.05) is 17.5 Å². The van der Waals surface area contributed by atoms with Gasteiger partial charge >= 0.3 is 6.09 Å². The van der Waals surface area contributed by atoms with Crippen LogP contribution in [0.25, 0.3) is 0 Å². The number of nitrogens with one attached hydrogen (secondary N) is 1. The van der Waals surface area contributed by atoms with E-state index in [1.807, 2.05) is 47.8 Å². The Bertz CT molecular complexity index is 514. The van der Waals surface area contributed by atoms with E-state index in [0.29, 0.717) is 19.6 Å². The Balaban J connectivity index is 1.79. The normalized spacial score (nSPS) is 11.8. The summed E-state index contributed by atoms with van der Waals surface area (Å²) in [4.78, 5) is 12.7. The Morgan fingerprint density at radius 3 is 2.70 bits per heavy atom. The molecule has 0 aliphatic carbocycles. The van der Waals surface area contributed by atoms with Crippen LogP contribution in [0, 0.1) is 0 Å². The molecule has 1 amide bonds. The molecule has 1 atom stereocenters. The highest BCUT2D eigenvalue weighted by Gasteiger charge is 2.12. The van der Waals surface area contributed by atoms with E-state index in [0.717, 1.165) is 10.4 Å². The summed E-state index contributed by atoms with van der Waals surface area (Å²) in [6.45, 7) is 0.676. The van der Waals surface area contributed by atoms with Crippen molar-refractivity contribution in [2.75, 3.05) is 6.54 Å². The third-order valence-electron chi connectivity index (χ3n) is 2.86. The minimum absolute atomic E-state index is 0.117. The first-order valence-electron chi connectivity index (χ1n) is 6.47. The minimum atomic E-state index is -0.426. The molecule has 4 nitrogen and oxygen atoms in total. The number of thiophene rings is 1. The van der Waals surface area contributed by atoms with Crippen LogP contribution in [0.15, 0.2) is 47.8 Å². The number of nitrogens with two attached hydrogens (primary N) is 1. The number of ether oxygens (including phenoxy) is 1. The molecular formula is C15H18N2O2S. The number of rotatable bonds is 6. The number of carbonyl (C=O) groups excluding carboxylic acids is 1. The lowest BCUT2D eigenvalue weighted by molar-refractivity contribution is 0.137. The van der Waals surface area contributed by atoms with Gasteiger partial charge in [0.05, 0.1) is 0 Å². The third-order valence-corrected chi connectivity index (χ3v) is 3.71. The van der Waals surface area contributed by atoms with Gasteiger partial charge in [0.15, 0.2) is 0 Å². The summed E-state index contributed by atoms with van der Waals surface area (Å²) < 4.78 is 5.16. The Morgan fingerprint density at radius 1 is 1.25 bits per heavy atom. The van der Waals surface area contributed by atoms with Gasteiger partial charge in [-0.2, -0.15) is 0 Å². The summed E-state index contributed by atoms with van der Waals surface area (Å²) >= 11 is 1.56. The lowest BCUT2D eigenvalue weighted by atomic mass is 10.1. The molecule has 0 fully saturated rings. The number of alkyl carbamates (subject to hydrolysis) is 1. The molecule has 106 valence electrons. The molecule has 0 saturated carbocycles. The van der Waals surface area contributed by atoms with Crippen molar-refractivity contribution in [3.05, 3.63) is 58.3 Å².